The van der Waals surface area contributed by atoms with Gasteiger partial charge in [-0.1, -0.05) is 24.3 Å². The van der Waals surface area contributed by atoms with Gasteiger partial charge in [0.25, 0.3) is 0 Å². The minimum Gasteiger partial charge on any atom is -0.466 e. The van der Waals surface area contributed by atoms with Gasteiger partial charge in [-0.2, -0.15) is 0 Å². The molecule has 1 spiro atoms. The van der Waals surface area contributed by atoms with Crippen LogP contribution in [-0.2, 0) is 9.53 Å². The van der Waals surface area contributed by atoms with Gasteiger partial charge < -0.3 is 15.4 Å². The molecule has 2 aliphatic rings. The van der Waals surface area contributed by atoms with Gasteiger partial charge in [-0.15, -0.1) is 0 Å². The van der Waals surface area contributed by atoms with Crippen molar-refractivity contribution in [1.82, 2.24) is 0 Å². The molecule has 22 heavy (non-hydrogen) atoms. The number of hydrogen-bond acceptors (Lipinski definition) is 4. The lowest BCUT2D eigenvalue weighted by molar-refractivity contribution is -0.149. The smallest absolute Gasteiger partial charge is 0.313 e. The third-order valence-electron chi connectivity index (χ3n) is 4.85. The summed E-state index contributed by atoms with van der Waals surface area (Å²) in [4.78, 5) is 12.4. The van der Waals surface area contributed by atoms with Gasteiger partial charge in [0.05, 0.1) is 12.5 Å². The van der Waals surface area contributed by atoms with Crippen LogP contribution in [0.3, 0.4) is 0 Å². The Morgan fingerprint density at radius 1 is 1.23 bits per heavy atom. The molecule has 114 valence electrons. The molecule has 2 aromatic rings. The Kier molecular flexibility index (Phi) is 2.99. The van der Waals surface area contributed by atoms with Gasteiger partial charge in [0.15, 0.2) is 0 Å². The Bertz CT molecular complexity index is 700. The summed E-state index contributed by atoms with van der Waals surface area (Å²) in [5.74, 6) is -0.261. The van der Waals surface area contributed by atoms with E-state index in [1.807, 2.05) is 6.92 Å². The molecule has 1 saturated carbocycles. The Balaban J connectivity index is 1.78. The number of carbonyl (C=O) groups excluding carboxylic acids is 1. The van der Waals surface area contributed by atoms with Gasteiger partial charge >= 0.3 is 5.97 Å². The van der Waals surface area contributed by atoms with E-state index < -0.39 is 5.66 Å². The van der Waals surface area contributed by atoms with Crippen LogP contribution in [0.4, 0.5) is 11.4 Å². The van der Waals surface area contributed by atoms with E-state index in [1.54, 1.807) is 0 Å². The zero-order valence-corrected chi connectivity index (χ0v) is 12.7. The second-order valence-corrected chi connectivity index (χ2v) is 6.13. The third kappa shape index (κ3) is 1.86. The van der Waals surface area contributed by atoms with E-state index in [-0.39, 0.29) is 11.9 Å². The number of benzene rings is 2. The number of carbonyl (C=O) groups is 1. The molecule has 1 atom stereocenters. The van der Waals surface area contributed by atoms with E-state index in [9.17, 15) is 4.79 Å². The first kappa shape index (κ1) is 13.4. The summed E-state index contributed by atoms with van der Waals surface area (Å²) in [6, 6.07) is 12.5. The molecule has 1 unspecified atom stereocenters. The minimum atomic E-state index is -0.422. The van der Waals surface area contributed by atoms with Crippen molar-refractivity contribution in [2.45, 2.75) is 31.8 Å². The molecule has 4 heteroatoms. The van der Waals surface area contributed by atoms with Crippen LogP contribution >= 0.6 is 0 Å². The lowest BCUT2D eigenvalue weighted by Crippen LogP contribution is -2.53. The first-order valence-electron chi connectivity index (χ1n) is 7.98. The topological polar surface area (TPSA) is 50.4 Å². The van der Waals surface area contributed by atoms with E-state index in [2.05, 4.69) is 47.0 Å². The van der Waals surface area contributed by atoms with E-state index in [1.165, 1.54) is 10.8 Å². The highest BCUT2D eigenvalue weighted by Gasteiger charge is 2.49. The Hall–Kier alpha value is -2.23. The number of ether oxygens (including phenoxy) is 1. The Morgan fingerprint density at radius 3 is 2.55 bits per heavy atom. The van der Waals surface area contributed by atoms with Crippen molar-refractivity contribution >= 4 is 28.1 Å². The number of hydrogen-bond donors (Lipinski definition) is 2. The van der Waals surface area contributed by atoms with Crippen molar-refractivity contribution in [3.8, 4) is 0 Å². The molecule has 2 aromatic carbocycles. The summed E-state index contributed by atoms with van der Waals surface area (Å²) in [5, 5.41) is 9.63. The molecule has 1 heterocycles. The summed E-state index contributed by atoms with van der Waals surface area (Å²) < 4.78 is 5.30. The fourth-order valence-corrected chi connectivity index (χ4v) is 3.93. The van der Waals surface area contributed by atoms with Crippen LogP contribution in [-0.4, -0.2) is 18.2 Å². The van der Waals surface area contributed by atoms with E-state index in [0.717, 1.165) is 30.6 Å². The third-order valence-corrected chi connectivity index (χ3v) is 4.85. The second-order valence-electron chi connectivity index (χ2n) is 6.13. The van der Waals surface area contributed by atoms with Gasteiger partial charge in [0.2, 0.25) is 0 Å². The van der Waals surface area contributed by atoms with Crippen LogP contribution in [0, 0.1) is 5.92 Å². The molecule has 0 bridgehead atoms. The summed E-state index contributed by atoms with van der Waals surface area (Å²) >= 11 is 0. The maximum atomic E-state index is 12.4. The van der Waals surface area contributed by atoms with Gasteiger partial charge in [-0.25, -0.2) is 0 Å². The fourth-order valence-electron chi connectivity index (χ4n) is 3.93. The van der Waals surface area contributed by atoms with Crippen LogP contribution in [0.2, 0.25) is 0 Å². The number of nitrogens with one attached hydrogen (secondary N) is 2. The zero-order valence-electron chi connectivity index (χ0n) is 12.7. The SMILES string of the molecule is CCOC(=O)C1CCCC12Nc1cccc3cccc(c13)N2. The number of esters is 1. The van der Waals surface area contributed by atoms with Gasteiger partial charge in [0, 0.05) is 16.8 Å². The zero-order chi connectivity index (χ0) is 15.2. The normalized spacial score (nSPS) is 21.4. The molecule has 1 aliphatic carbocycles. The lowest BCUT2D eigenvalue weighted by atomic mass is 9.91. The Morgan fingerprint density at radius 2 is 1.91 bits per heavy atom. The molecule has 0 aromatic heterocycles. The lowest BCUT2D eigenvalue weighted by Gasteiger charge is -2.42. The minimum absolute atomic E-state index is 0.105. The summed E-state index contributed by atoms with van der Waals surface area (Å²) in [7, 11) is 0. The van der Waals surface area contributed by atoms with Crippen molar-refractivity contribution in [1.29, 1.82) is 0 Å². The first-order valence-corrected chi connectivity index (χ1v) is 7.98. The fraction of sp³-hybridized carbons (Fsp3) is 0.389. The predicted octanol–water partition coefficient (Wildman–Crippen LogP) is 3.74. The predicted molar refractivity (Wildman–Crippen MR) is 87.9 cm³/mol. The van der Waals surface area contributed by atoms with Crippen molar-refractivity contribution < 1.29 is 9.53 Å². The molecular formula is C18H20N2O2. The molecule has 4 nitrogen and oxygen atoms in total. The molecule has 4 rings (SSSR count). The maximum Gasteiger partial charge on any atom is 0.313 e. The monoisotopic (exact) mass is 296 g/mol. The molecule has 2 N–H and O–H groups in total. The average Bonchev–Trinajstić information content (AvgIpc) is 2.90. The molecule has 0 amide bonds. The van der Waals surface area contributed by atoms with Crippen molar-refractivity contribution in [3.63, 3.8) is 0 Å². The van der Waals surface area contributed by atoms with Crippen LogP contribution in [0.25, 0.3) is 10.8 Å². The molecule has 1 aliphatic heterocycles. The molecule has 1 fully saturated rings. The summed E-state index contributed by atoms with van der Waals surface area (Å²) in [6.45, 7) is 2.29. The Labute approximate surface area is 129 Å². The van der Waals surface area contributed by atoms with E-state index in [0.29, 0.717) is 6.61 Å². The van der Waals surface area contributed by atoms with Gasteiger partial charge in [-0.05, 0) is 43.7 Å². The first-order chi connectivity index (χ1) is 10.7. The number of anilines is 2. The molecular weight excluding hydrogens is 276 g/mol. The maximum absolute atomic E-state index is 12.4. The largest absolute Gasteiger partial charge is 0.466 e. The van der Waals surface area contributed by atoms with Gasteiger partial charge in [0.1, 0.15) is 5.66 Å². The summed E-state index contributed by atoms with van der Waals surface area (Å²) in [5.41, 5.74) is 1.78. The van der Waals surface area contributed by atoms with Gasteiger partial charge in [-0.3, -0.25) is 4.79 Å². The van der Waals surface area contributed by atoms with Crippen molar-refractivity contribution in [2.24, 2.45) is 5.92 Å². The van der Waals surface area contributed by atoms with E-state index >= 15 is 0 Å². The standard InChI is InChI=1S/C18H20N2O2/c1-2-22-17(21)13-8-5-11-18(13)19-14-9-3-6-12-7-4-10-15(20-18)16(12)14/h3-4,6-7,9-10,13,19-20H,2,5,8,11H2,1H3. The summed E-state index contributed by atoms with van der Waals surface area (Å²) in [6.07, 6.45) is 2.79. The van der Waals surface area contributed by atoms with Crippen molar-refractivity contribution in [3.05, 3.63) is 36.4 Å². The number of rotatable bonds is 2. The molecule has 0 radical (unpaired) electrons. The van der Waals surface area contributed by atoms with Crippen molar-refractivity contribution in [2.75, 3.05) is 17.2 Å². The van der Waals surface area contributed by atoms with Crippen LogP contribution < -0.4 is 10.6 Å². The highest BCUT2D eigenvalue weighted by Crippen LogP contribution is 2.46. The second kappa shape index (κ2) is 4.90. The highest BCUT2D eigenvalue weighted by molar-refractivity contribution is 6.05. The van der Waals surface area contributed by atoms with Crippen LogP contribution in [0.1, 0.15) is 26.2 Å². The van der Waals surface area contributed by atoms with Crippen LogP contribution in [0.15, 0.2) is 36.4 Å². The quantitative estimate of drug-likeness (QED) is 0.829. The molecule has 0 saturated heterocycles. The average molecular weight is 296 g/mol. The van der Waals surface area contributed by atoms with Crippen LogP contribution in [0.5, 0.6) is 0 Å². The highest BCUT2D eigenvalue weighted by atomic mass is 16.5. The van der Waals surface area contributed by atoms with E-state index in [4.69, 9.17) is 4.74 Å².